The summed E-state index contributed by atoms with van der Waals surface area (Å²) < 4.78 is 24.7. The highest BCUT2D eigenvalue weighted by Crippen LogP contribution is 2.34. The van der Waals surface area contributed by atoms with Crippen molar-refractivity contribution in [1.82, 2.24) is 9.80 Å². The second-order valence-electron chi connectivity index (χ2n) is 8.03. The van der Waals surface area contributed by atoms with Gasteiger partial charge < -0.3 is 19.5 Å². The number of halogens is 1. The molecule has 0 saturated heterocycles. The van der Waals surface area contributed by atoms with Crippen LogP contribution in [0.1, 0.15) is 29.8 Å². The lowest BCUT2D eigenvalue weighted by atomic mass is 10.0. The lowest BCUT2D eigenvalue weighted by molar-refractivity contribution is -0.136. The average molecular weight is 475 g/mol. The number of aliphatic hydroxyl groups excluding tert-OH is 1. The van der Waals surface area contributed by atoms with E-state index in [0.29, 0.717) is 25.4 Å². The molecule has 0 saturated carbocycles. The summed E-state index contributed by atoms with van der Waals surface area (Å²) in [7, 11) is 0. The highest BCUT2D eigenvalue weighted by atomic mass is 32.1. The van der Waals surface area contributed by atoms with Gasteiger partial charge in [-0.25, -0.2) is 4.39 Å². The van der Waals surface area contributed by atoms with Gasteiger partial charge in [-0.15, -0.1) is 17.8 Å². The van der Waals surface area contributed by atoms with Crippen LogP contribution in [0.25, 0.3) is 0 Å². The molecule has 178 valence electrons. The summed E-state index contributed by atoms with van der Waals surface area (Å²) in [5.41, 5.74) is 1.08. The van der Waals surface area contributed by atoms with Crippen molar-refractivity contribution >= 4 is 17.2 Å². The Hall–Kier alpha value is -2.44. The summed E-state index contributed by atoms with van der Waals surface area (Å²) in [6.07, 6.45) is 6.10. The number of benzene rings is 1. The molecule has 1 N–H and O–H groups in total. The molecule has 3 rings (SSSR count). The molecule has 0 fully saturated rings. The number of carbonyl (C=O) groups is 1. The predicted molar refractivity (Wildman–Crippen MR) is 127 cm³/mol. The van der Waals surface area contributed by atoms with E-state index in [2.05, 4.69) is 5.92 Å². The van der Waals surface area contributed by atoms with Gasteiger partial charge in [0.2, 0.25) is 5.91 Å². The van der Waals surface area contributed by atoms with Gasteiger partial charge in [0.25, 0.3) is 0 Å². The van der Waals surface area contributed by atoms with E-state index in [4.69, 9.17) is 15.9 Å². The fourth-order valence-electron chi connectivity index (χ4n) is 4.04. The van der Waals surface area contributed by atoms with Gasteiger partial charge in [0.1, 0.15) is 24.8 Å². The van der Waals surface area contributed by atoms with Gasteiger partial charge in [0.15, 0.2) is 0 Å². The molecule has 2 atom stereocenters. The van der Waals surface area contributed by atoms with Gasteiger partial charge in [0, 0.05) is 24.0 Å². The molecule has 1 amide bonds. The van der Waals surface area contributed by atoms with E-state index in [1.54, 1.807) is 23.5 Å². The van der Waals surface area contributed by atoms with Crippen LogP contribution in [-0.4, -0.2) is 72.9 Å². The smallest absolute Gasteiger partial charge is 0.237 e. The number of nitrogens with zero attached hydrogens (tertiary/aromatic N) is 2. The molecular formula is C25H31FN2O4S. The predicted octanol–water partition coefficient (Wildman–Crippen LogP) is 3.11. The molecule has 2 aromatic rings. The summed E-state index contributed by atoms with van der Waals surface area (Å²) in [4.78, 5) is 18.4. The maximum atomic E-state index is 13.6. The quantitative estimate of drug-likeness (QED) is 0.378. The third kappa shape index (κ3) is 7.27. The van der Waals surface area contributed by atoms with Crippen molar-refractivity contribution in [1.29, 1.82) is 0 Å². The Balaban J connectivity index is 1.67. The van der Waals surface area contributed by atoms with Crippen molar-refractivity contribution < 1.29 is 23.8 Å². The second-order valence-corrected chi connectivity index (χ2v) is 9.03. The molecular weight excluding hydrogens is 443 g/mol. The third-order valence-electron chi connectivity index (χ3n) is 5.48. The molecule has 2 heterocycles. The maximum absolute atomic E-state index is 13.6. The zero-order valence-electron chi connectivity index (χ0n) is 18.9. The fraction of sp³-hybridized carbons (Fsp3) is 0.480. The number of hydrogen-bond donors (Lipinski definition) is 1. The largest absolute Gasteiger partial charge is 0.491 e. The van der Waals surface area contributed by atoms with Gasteiger partial charge in [-0.3, -0.25) is 9.69 Å². The molecule has 8 heteroatoms. The molecule has 0 radical (unpaired) electrons. The van der Waals surface area contributed by atoms with Crippen LogP contribution < -0.4 is 4.74 Å². The van der Waals surface area contributed by atoms with Crippen molar-refractivity contribution in [3.8, 4) is 18.1 Å². The number of amides is 1. The van der Waals surface area contributed by atoms with Gasteiger partial charge >= 0.3 is 0 Å². The second kappa shape index (κ2) is 12.7. The minimum Gasteiger partial charge on any atom is -0.491 e. The van der Waals surface area contributed by atoms with Gasteiger partial charge in [0.05, 0.1) is 25.3 Å². The summed E-state index contributed by atoms with van der Waals surface area (Å²) in [5.74, 6) is 2.43. The van der Waals surface area contributed by atoms with E-state index in [1.165, 1.54) is 17.0 Å². The zero-order chi connectivity index (χ0) is 23.6. The molecule has 1 aromatic heterocycles. The van der Waals surface area contributed by atoms with E-state index in [0.717, 1.165) is 18.4 Å². The van der Waals surface area contributed by atoms with Crippen LogP contribution in [0.4, 0.5) is 4.39 Å². The molecule has 33 heavy (non-hydrogen) atoms. The first kappa shape index (κ1) is 25.2. The van der Waals surface area contributed by atoms with E-state index in [-0.39, 0.29) is 44.1 Å². The standard InChI is InChI=1S/C25H31FN2O4S/c1-3-10-27(15-20(29)17-31-12-4-2)16-25(30)28-11-8-24-22(9-13-33-24)23(28)18-32-21-7-5-6-19(26)14-21/h2,5-7,9,13-14,20,23,29H,3,8,10-12,15-18H2,1H3/t20-,23+/m1/s1. The van der Waals surface area contributed by atoms with Crippen LogP contribution in [0.15, 0.2) is 35.7 Å². The SMILES string of the molecule is C#CCOC[C@H](O)CN(CCC)CC(=O)N1CCc2sccc2[C@@H]1COc1cccc(F)c1. The van der Waals surface area contributed by atoms with Crippen LogP contribution in [0.3, 0.4) is 0 Å². The molecule has 1 aliphatic heterocycles. The first-order valence-electron chi connectivity index (χ1n) is 11.2. The first-order valence-corrected chi connectivity index (χ1v) is 12.1. The first-order chi connectivity index (χ1) is 16.0. The van der Waals surface area contributed by atoms with Gasteiger partial charge in [-0.05, 0) is 48.5 Å². The lowest BCUT2D eigenvalue weighted by Crippen LogP contribution is -2.48. The molecule has 0 aliphatic carbocycles. The van der Waals surface area contributed by atoms with Crippen molar-refractivity contribution in [2.75, 3.05) is 46.0 Å². The topological polar surface area (TPSA) is 62.2 Å². The highest BCUT2D eigenvalue weighted by molar-refractivity contribution is 7.10. The molecule has 6 nitrogen and oxygen atoms in total. The molecule has 0 unspecified atom stereocenters. The number of carbonyl (C=O) groups excluding carboxylic acids is 1. The summed E-state index contributed by atoms with van der Waals surface area (Å²) in [6, 6.07) is 7.81. The molecule has 0 spiro atoms. The van der Waals surface area contributed by atoms with E-state index in [9.17, 15) is 14.3 Å². The molecule has 0 bridgehead atoms. The minimum atomic E-state index is -0.727. The van der Waals surface area contributed by atoms with Crippen LogP contribution >= 0.6 is 11.3 Å². The van der Waals surface area contributed by atoms with Crippen molar-refractivity contribution in [2.45, 2.75) is 31.9 Å². The molecule has 1 aliphatic rings. The van der Waals surface area contributed by atoms with E-state index < -0.39 is 6.10 Å². The van der Waals surface area contributed by atoms with E-state index in [1.807, 2.05) is 28.2 Å². The van der Waals surface area contributed by atoms with Gasteiger partial charge in [-0.1, -0.05) is 18.9 Å². The normalized spacial score (nSPS) is 16.3. The van der Waals surface area contributed by atoms with Crippen LogP contribution in [0, 0.1) is 18.2 Å². The zero-order valence-corrected chi connectivity index (χ0v) is 19.7. The van der Waals surface area contributed by atoms with E-state index >= 15 is 0 Å². The Morgan fingerprint density at radius 3 is 3.06 bits per heavy atom. The number of aliphatic hydroxyl groups is 1. The number of terminal acetylenes is 1. The number of ether oxygens (including phenoxy) is 2. The Labute approximate surface area is 198 Å². The Bertz CT molecular complexity index is 944. The Morgan fingerprint density at radius 2 is 2.30 bits per heavy atom. The van der Waals surface area contributed by atoms with Crippen molar-refractivity contribution in [3.05, 3.63) is 52.0 Å². The number of rotatable bonds is 12. The lowest BCUT2D eigenvalue weighted by Gasteiger charge is -2.37. The summed E-state index contributed by atoms with van der Waals surface area (Å²) >= 11 is 1.68. The third-order valence-corrected chi connectivity index (χ3v) is 6.48. The molecule has 1 aromatic carbocycles. The highest BCUT2D eigenvalue weighted by Gasteiger charge is 2.33. The van der Waals surface area contributed by atoms with Crippen LogP contribution in [-0.2, 0) is 16.0 Å². The average Bonchev–Trinajstić information content (AvgIpc) is 3.27. The fourth-order valence-corrected chi connectivity index (χ4v) is 4.97. The number of hydrogen-bond acceptors (Lipinski definition) is 6. The van der Waals surface area contributed by atoms with Gasteiger partial charge in [-0.2, -0.15) is 0 Å². The van der Waals surface area contributed by atoms with Crippen molar-refractivity contribution in [2.24, 2.45) is 0 Å². The minimum absolute atomic E-state index is 0.0233. The van der Waals surface area contributed by atoms with Crippen molar-refractivity contribution in [3.63, 3.8) is 0 Å². The van der Waals surface area contributed by atoms with Crippen LogP contribution in [0.2, 0.25) is 0 Å². The number of fused-ring (bicyclic) bond motifs is 1. The summed E-state index contributed by atoms with van der Waals surface area (Å²) in [5, 5.41) is 12.3. The Kier molecular flexibility index (Phi) is 9.70. The summed E-state index contributed by atoms with van der Waals surface area (Å²) in [6.45, 7) is 4.35. The Morgan fingerprint density at radius 1 is 1.45 bits per heavy atom. The van der Waals surface area contributed by atoms with Crippen LogP contribution in [0.5, 0.6) is 5.75 Å². The monoisotopic (exact) mass is 474 g/mol. The number of thiophene rings is 1. The maximum Gasteiger partial charge on any atom is 0.237 e.